The van der Waals surface area contributed by atoms with Crippen molar-refractivity contribution in [2.75, 3.05) is 19.6 Å². The minimum atomic E-state index is 0.522. The summed E-state index contributed by atoms with van der Waals surface area (Å²) < 4.78 is 0. The Bertz CT molecular complexity index is 211. The first-order valence-electron chi connectivity index (χ1n) is 7.15. The highest BCUT2D eigenvalue weighted by Gasteiger charge is 2.41. The standard InChI is InChI=1S/C14H28N2/c1-2-4-14(7-8-14)12-16-10-9-13(11-15)5-3-6-13/h16H,2-12,15H2,1H3. The van der Waals surface area contributed by atoms with Gasteiger partial charge in [0.05, 0.1) is 0 Å². The summed E-state index contributed by atoms with van der Waals surface area (Å²) in [4.78, 5) is 0. The van der Waals surface area contributed by atoms with Gasteiger partial charge in [-0.25, -0.2) is 0 Å². The Kier molecular flexibility index (Phi) is 3.91. The van der Waals surface area contributed by atoms with E-state index in [1.807, 2.05) is 0 Å². The Morgan fingerprint density at radius 1 is 1.06 bits per heavy atom. The minimum Gasteiger partial charge on any atom is -0.330 e. The second-order valence-electron chi connectivity index (χ2n) is 6.23. The molecule has 0 aliphatic heterocycles. The van der Waals surface area contributed by atoms with Crippen LogP contribution in [-0.4, -0.2) is 19.6 Å². The molecule has 0 spiro atoms. The molecule has 0 saturated heterocycles. The zero-order chi connectivity index (χ0) is 11.5. The van der Waals surface area contributed by atoms with Gasteiger partial charge in [0, 0.05) is 6.54 Å². The average molecular weight is 224 g/mol. The van der Waals surface area contributed by atoms with E-state index in [1.54, 1.807) is 0 Å². The molecule has 0 aromatic heterocycles. The maximum Gasteiger partial charge on any atom is 0.000781 e. The van der Waals surface area contributed by atoms with Crippen LogP contribution in [-0.2, 0) is 0 Å². The van der Waals surface area contributed by atoms with E-state index in [1.165, 1.54) is 64.5 Å². The highest BCUT2D eigenvalue weighted by molar-refractivity contribution is 4.95. The van der Waals surface area contributed by atoms with Gasteiger partial charge in [-0.15, -0.1) is 0 Å². The van der Waals surface area contributed by atoms with Crippen molar-refractivity contribution in [1.82, 2.24) is 5.32 Å². The lowest BCUT2D eigenvalue weighted by atomic mass is 9.67. The minimum absolute atomic E-state index is 0.522. The highest BCUT2D eigenvalue weighted by atomic mass is 14.9. The van der Waals surface area contributed by atoms with Gasteiger partial charge in [-0.3, -0.25) is 0 Å². The van der Waals surface area contributed by atoms with Gasteiger partial charge in [-0.05, 0) is 62.4 Å². The van der Waals surface area contributed by atoms with Gasteiger partial charge in [0.25, 0.3) is 0 Å². The number of rotatable bonds is 8. The van der Waals surface area contributed by atoms with Gasteiger partial charge >= 0.3 is 0 Å². The van der Waals surface area contributed by atoms with Crippen molar-refractivity contribution in [2.45, 2.75) is 58.3 Å². The van der Waals surface area contributed by atoms with Gasteiger partial charge in [0.1, 0.15) is 0 Å². The SMILES string of the molecule is CCCC1(CNCCC2(CN)CCC2)CC1. The predicted octanol–water partition coefficient (Wildman–Crippen LogP) is 2.68. The summed E-state index contributed by atoms with van der Waals surface area (Å²) in [6.07, 6.45) is 11.1. The second-order valence-corrected chi connectivity index (χ2v) is 6.23. The van der Waals surface area contributed by atoms with Gasteiger partial charge in [-0.2, -0.15) is 0 Å². The van der Waals surface area contributed by atoms with Crippen LogP contribution in [0.25, 0.3) is 0 Å². The summed E-state index contributed by atoms with van der Waals surface area (Å²) in [5.41, 5.74) is 7.09. The van der Waals surface area contributed by atoms with E-state index < -0.39 is 0 Å². The lowest BCUT2D eigenvalue weighted by molar-refractivity contribution is 0.129. The van der Waals surface area contributed by atoms with Crippen LogP contribution in [0.3, 0.4) is 0 Å². The first-order valence-corrected chi connectivity index (χ1v) is 7.15. The molecule has 2 heteroatoms. The number of nitrogens with two attached hydrogens (primary N) is 1. The summed E-state index contributed by atoms with van der Waals surface area (Å²) in [5, 5.41) is 3.68. The van der Waals surface area contributed by atoms with Crippen LogP contribution < -0.4 is 11.1 Å². The fourth-order valence-electron chi connectivity index (χ4n) is 3.16. The number of hydrogen-bond acceptors (Lipinski definition) is 2. The van der Waals surface area contributed by atoms with Crippen LogP contribution in [0.15, 0.2) is 0 Å². The fraction of sp³-hybridized carbons (Fsp3) is 1.00. The number of nitrogens with one attached hydrogen (secondary N) is 1. The molecule has 0 unspecified atom stereocenters. The zero-order valence-electron chi connectivity index (χ0n) is 10.9. The molecule has 2 saturated carbocycles. The van der Waals surface area contributed by atoms with E-state index in [2.05, 4.69) is 12.2 Å². The van der Waals surface area contributed by atoms with Crippen molar-refractivity contribution >= 4 is 0 Å². The summed E-state index contributed by atoms with van der Waals surface area (Å²) in [5.74, 6) is 0. The van der Waals surface area contributed by atoms with E-state index in [-0.39, 0.29) is 0 Å². The number of hydrogen-bond donors (Lipinski definition) is 2. The van der Waals surface area contributed by atoms with Crippen molar-refractivity contribution in [2.24, 2.45) is 16.6 Å². The molecule has 2 rings (SSSR count). The third-order valence-electron chi connectivity index (χ3n) is 4.92. The van der Waals surface area contributed by atoms with Crippen molar-refractivity contribution in [3.63, 3.8) is 0 Å². The highest BCUT2D eigenvalue weighted by Crippen LogP contribution is 2.49. The van der Waals surface area contributed by atoms with Crippen LogP contribution in [0.5, 0.6) is 0 Å². The van der Waals surface area contributed by atoms with Gasteiger partial charge in [0.2, 0.25) is 0 Å². The first-order chi connectivity index (χ1) is 7.74. The van der Waals surface area contributed by atoms with Gasteiger partial charge in [0.15, 0.2) is 0 Å². The topological polar surface area (TPSA) is 38.0 Å². The summed E-state index contributed by atoms with van der Waals surface area (Å²) >= 11 is 0. The average Bonchev–Trinajstić information content (AvgIpc) is 2.97. The van der Waals surface area contributed by atoms with E-state index in [0.29, 0.717) is 10.8 Å². The largest absolute Gasteiger partial charge is 0.330 e. The van der Waals surface area contributed by atoms with Gasteiger partial charge in [-0.1, -0.05) is 19.8 Å². The molecular weight excluding hydrogens is 196 g/mol. The van der Waals surface area contributed by atoms with Crippen LogP contribution >= 0.6 is 0 Å². The lowest BCUT2D eigenvalue weighted by Crippen LogP contribution is -2.40. The van der Waals surface area contributed by atoms with Crippen LogP contribution in [0.2, 0.25) is 0 Å². The zero-order valence-corrected chi connectivity index (χ0v) is 10.9. The summed E-state index contributed by atoms with van der Waals surface area (Å²) in [6, 6.07) is 0. The molecular formula is C14H28N2. The Hall–Kier alpha value is -0.0800. The van der Waals surface area contributed by atoms with Crippen LogP contribution in [0.4, 0.5) is 0 Å². The normalized spacial score (nSPS) is 25.1. The van der Waals surface area contributed by atoms with E-state index >= 15 is 0 Å². The third-order valence-corrected chi connectivity index (χ3v) is 4.92. The molecule has 94 valence electrons. The predicted molar refractivity (Wildman–Crippen MR) is 69.4 cm³/mol. The maximum atomic E-state index is 5.87. The molecule has 0 heterocycles. The molecule has 2 nitrogen and oxygen atoms in total. The summed E-state index contributed by atoms with van der Waals surface area (Å²) in [6.45, 7) is 5.64. The van der Waals surface area contributed by atoms with E-state index in [4.69, 9.17) is 5.73 Å². The molecule has 2 fully saturated rings. The fourth-order valence-corrected chi connectivity index (χ4v) is 3.16. The van der Waals surface area contributed by atoms with Crippen molar-refractivity contribution in [3.05, 3.63) is 0 Å². The van der Waals surface area contributed by atoms with Crippen LogP contribution in [0.1, 0.15) is 58.3 Å². The van der Waals surface area contributed by atoms with Gasteiger partial charge < -0.3 is 11.1 Å². The molecule has 3 N–H and O–H groups in total. The monoisotopic (exact) mass is 224 g/mol. The summed E-state index contributed by atoms with van der Waals surface area (Å²) in [7, 11) is 0. The van der Waals surface area contributed by atoms with Crippen molar-refractivity contribution in [1.29, 1.82) is 0 Å². The Morgan fingerprint density at radius 3 is 2.25 bits per heavy atom. The maximum absolute atomic E-state index is 5.87. The smallest absolute Gasteiger partial charge is 0.000781 e. The second kappa shape index (κ2) is 5.05. The van der Waals surface area contributed by atoms with E-state index in [9.17, 15) is 0 Å². The molecule has 0 radical (unpaired) electrons. The Morgan fingerprint density at radius 2 is 1.81 bits per heavy atom. The Labute approximate surface area is 100 Å². The van der Waals surface area contributed by atoms with E-state index in [0.717, 1.165) is 6.54 Å². The molecule has 0 amide bonds. The molecule has 2 aliphatic carbocycles. The molecule has 2 aliphatic rings. The van der Waals surface area contributed by atoms with Crippen molar-refractivity contribution < 1.29 is 0 Å². The molecule has 0 bridgehead atoms. The Balaban J connectivity index is 1.58. The first kappa shape index (κ1) is 12.4. The molecule has 0 aromatic carbocycles. The molecule has 0 atom stereocenters. The quantitative estimate of drug-likeness (QED) is 0.622. The van der Waals surface area contributed by atoms with Crippen LogP contribution in [0, 0.1) is 10.8 Å². The molecule has 16 heavy (non-hydrogen) atoms. The van der Waals surface area contributed by atoms with Crippen molar-refractivity contribution in [3.8, 4) is 0 Å². The molecule has 0 aromatic rings. The third kappa shape index (κ3) is 2.78. The lowest BCUT2D eigenvalue weighted by Gasteiger charge is -2.41.